The number of hydrogen-bond acceptors (Lipinski definition) is 8. The van der Waals surface area contributed by atoms with Gasteiger partial charge in [0.05, 0.1) is 17.7 Å². The van der Waals surface area contributed by atoms with Crippen molar-refractivity contribution < 1.29 is 22.7 Å². The first-order chi connectivity index (χ1) is 13.0. The maximum atomic E-state index is 12.5. The van der Waals surface area contributed by atoms with Crippen molar-refractivity contribution in [3.63, 3.8) is 0 Å². The molecule has 0 saturated heterocycles. The van der Waals surface area contributed by atoms with Crippen LogP contribution in [0.3, 0.4) is 0 Å². The minimum Gasteiger partial charge on any atom is -0.443 e. The Bertz CT molecular complexity index is 965. The van der Waals surface area contributed by atoms with Crippen molar-refractivity contribution in [3.05, 3.63) is 46.5 Å². The molecule has 0 aliphatic rings. The summed E-state index contributed by atoms with van der Waals surface area (Å²) in [6.07, 6.45) is 0.343. The molecular formula is C18H26N4O5S2. The number of ether oxygens (including phenoxy) is 1. The first kappa shape index (κ1) is 24.5. The number of ketones is 1. The summed E-state index contributed by atoms with van der Waals surface area (Å²) < 4.78 is 32.4. The van der Waals surface area contributed by atoms with E-state index in [1.807, 2.05) is 19.1 Å². The predicted octanol–water partition coefficient (Wildman–Crippen LogP) is 3.05. The van der Waals surface area contributed by atoms with E-state index in [-0.39, 0.29) is 19.9 Å². The fourth-order valence-electron chi connectivity index (χ4n) is 2.07. The molecule has 2 rings (SSSR count). The average molecular weight is 443 g/mol. The Morgan fingerprint density at radius 1 is 1.21 bits per heavy atom. The van der Waals surface area contributed by atoms with Crippen LogP contribution in [0.2, 0.25) is 0 Å². The minimum absolute atomic E-state index is 0. The van der Waals surface area contributed by atoms with E-state index in [4.69, 9.17) is 4.74 Å². The molecule has 1 amide bonds. The number of benzene rings is 1. The van der Waals surface area contributed by atoms with Crippen LogP contribution in [-0.4, -0.2) is 37.5 Å². The van der Waals surface area contributed by atoms with Gasteiger partial charge in [-0.3, -0.25) is 4.79 Å². The molecule has 0 atom stereocenters. The third-order valence-corrected chi connectivity index (χ3v) is 5.15. The predicted molar refractivity (Wildman–Crippen MR) is 113 cm³/mol. The van der Waals surface area contributed by atoms with Crippen LogP contribution >= 0.6 is 11.3 Å². The van der Waals surface area contributed by atoms with Crippen molar-refractivity contribution in [1.29, 1.82) is 0 Å². The molecule has 0 aliphatic heterocycles. The number of thiazole rings is 1. The lowest BCUT2D eigenvalue weighted by molar-refractivity contribution is 0.0569. The Balaban J connectivity index is 0.00000420. The number of carbonyl (C=O) groups is 2. The van der Waals surface area contributed by atoms with Crippen molar-refractivity contribution >= 4 is 38.6 Å². The summed E-state index contributed by atoms with van der Waals surface area (Å²) in [5.74, 6) is -0.157. The van der Waals surface area contributed by atoms with Gasteiger partial charge in [0.2, 0.25) is 5.78 Å². The van der Waals surface area contributed by atoms with Crippen LogP contribution in [0.25, 0.3) is 0 Å². The second-order valence-corrected chi connectivity index (χ2v) is 9.31. The van der Waals surface area contributed by atoms with Gasteiger partial charge in [-0.2, -0.15) is 13.1 Å². The summed E-state index contributed by atoms with van der Waals surface area (Å²) in [4.78, 5) is 28.5. The lowest BCUT2D eigenvalue weighted by Gasteiger charge is -2.19. The zero-order chi connectivity index (χ0) is 20.9. The number of aromatic nitrogens is 1. The number of hydrogen-bond donors (Lipinski definition) is 3. The highest BCUT2D eigenvalue weighted by atomic mass is 32.2. The molecule has 0 bridgehead atoms. The van der Waals surface area contributed by atoms with E-state index in [9.17, 15) is 18.0 Å². The molecule has 160 valence electrons. The summed E-state index contributed by atoms with van der Waals surface area (Å²) in [6.45, 7) is 6.47. The lowest BCUT2D eigenvalue weighted by atomic mass is 10.0. The maximum absolute atomic E-state index is 12.5. The van der Waals surface area contributed by atoms with Gasteiger partial charge in [0, 0.05) is 5.56 Å². The van der Waals surface area contributed by atoms with Gasteiger partial charge in [-0.25, -0.2) is 14.5 Å². The number of rotatable bonds is 7. The minimum atomic E-state index is -4.11. The van der Waals surface area contributed by atoms with Crippen LogP contribution in [0.1, 0.15) is 49.0 Å². The monoisotopic (exact) mass is 442 g/mol. The molecule has 0 fully saturated rings. The van der Waals surface area contributed by atoms with Crippen LogP contribution in [0.5, 0.6) is 0 Å². The Kier molecular flexibility index (Phi) is 8.30. The summed E-state index contributed by atoms with van der Waals surface area (Å²) in [5.41, 5.74) is 0.620. The number of nitrogens with zero attached hydrogens (tertiary/aromatic N) is 1. The Labute approximate surface area is 175 Å². The summed E-state index contributed by atoms with van der Waals surface area (Å²) in [7, 11) is -4.11. The van der Waals surface area contributed by atoms with Crippen molar-refractivity contribution in [2.75, 3.05) is 12.0 Å². The van der Waals surface area contributed by atoms with E-state index in [0.29, 0.717) is 15.6 Å². The van der Waals surface area contributed by atoms with Gasteiger partial charge < -0.3 is 10.1 Å². The average Bonchev–Trinajstić information content (AvgIpc) is 3.01. The third-order valence-electron chi connectivity index (χ3n) is 3.24. The highest BCUT2D eigenvalue weighted by molar-refractivity contribution is 7.88. The molecule has 0 unspecified atom stereocenters. The van der Waals surface area contributed by atoms with Crippen LogP contribution in [0.4, 0.5) is 9.93 Å². The molecule has 3 N–H and O–H groups in total. The summed E-state index contributed by atoms with van der Waals surface area (Å²) in [5, 5.41) is 3.09. The zero-order valence-electron chi connectivity index (χ0n) is 15.9. The van der Waals surface area contributed by atoms with E-state index < -0.39 is 21.9 Å². The van der Waals surface area contributed by atoms with E-state index in [1.165, 1.54) is 6.20 Å². The molecule has 1 aromatic carbocycles. The molecule has 1 heterocycles. The molecule has 0 radical (unpaired) electrons. The normalized spacial score (nSPS) is 11.3. The number of aryl methyl sites for hydroxylation is 1. The highest BCUT2D eigenvalue weighted by Crippen LogP contribution is 2.22. The summed E-state index contributed by atoms with van der Waals surface area (Å²) in [6, 6.07) is 7.22. The molecule has 0 aliphatic carbocycles. The van der Waals surface area contributed by atoms with Gasteiger partial charge in [0.25, 0.3) is 0 Å². The fraction of sp³-hybridized carbons (Fsp3) is 0.389. The van der Waals surface area contributed by atoms with Crippen LogP contribution < -0.4 is 14.8 Å². The van der Waals surface area contributed by atoms with Crippen molar-refractivity contribution in [1.82, 2.24) is 14.4 Å². The van der Waals surface area contributed by atoms with Gasteiger partial charge in [-0.05, 0) is 33.3 Å². The van der Waals surface area contributed by atoms with Crippen molar-refractivity contribution in [2.24, 2.45) is 0 Å². The zero-order valence-corrected chi connectivity index (χ0v) is 17.5. The van der Waals surface area contributed by atoms with Crippen LogP contribution in [0, 0.1) is 6.92 Å². The smallest absolute Gasteiger partial charge is 0.422 e. The molecule has 29 heavy (non-hydrogen) atoms. The van der Waals surface area contributed by atoms with Gasteiger partial charge in [-0.1, -0.05) is 43.0 Å². The first-order valence-electron chi connectivity index (χ1n) is 8.27. The molecular weight excluding hydrogens is 416 g/mol. The largest absolute Gasteiger partial charge is 0.443 e. The van der Waals surface area contributed by atoms with E-state index in [0.717, 1.165) is 16.9 Å². The van der Waals surface area contributed by atoms with Crippen molar-refractivity contribution in [2.45, 2.75) is 40.7 Å². The molecule has 9 nitrogen and oxygen atoms in total. The Morgan fingerprint density at radius 2 is 1.86 bits per heavy atom. The van der Waals surface area contributed by atoms with Gasteiger partial charge in [0.15, 0.2) is 5.13 Å². The topological polar surface area (TPSA) is 126 Å². The Morgan fingerprint density at radius 3 is 2.48 bits per heavy atom. The standard InChI is InChI=1S/C17H22N4O5S2.CH4/c1-11-7-5-6-8-12(11)14(22)13-9-18-15(27-13)19-10-20-28(24,25)21-16(23)26-17(2,3)4;/h5-9,20H,10H2,1-4H3,(H,18,19)(H,21,23);1H4. The highest BCUT2D eigenvalue weighted by Gasteiger charge is 2.21. The number of anilines is 1. The van der Waals surface area contributed by atoms with E-state index in [1.54, 1.807) is 37.6 Å². The third kappa shape index (κ3) is 7.80. The molecule has 11 heteroatoms. The number of nitrogens with one attached hydrogen (secondary N) is 3. The van der Waals surface area contributed by atoms with Crippen molar-refractivity contribution in [3.8, 4) is 0 Å². The SMILES string of the molecule is C.Cc1ccccc1C(=O)c1cnc(NCNS(=O)(=O)NC(=O)OC(C)(C)C)s1. The van der Waals surface area contributed by atoms with E-state index in [2.05, 4.69) is 15.0 Å². The van der Waals surface area contributed by atoms with Gasteiger partial charge in [0.1, 0.15) is 5.60 Å². The molecule has 0 saturated carbocycles. The molecule has 1 aromatic heterocycles. The van der Waals surface area contributed by atoms with Gasteiger partial charge in [-0.15, -0.1) is 0 Å². The fourth-order valence-corrected chi connectivity index (χ4v) is 3.43. The van der Waals surface area contributed by atoms with E-state index >= 15 is 0 Å². The maximum Gasteiger partial charge on any atom is 0.422 e. The lowest BCUT2D eigenvalue weighted by Crippen LogP contribution is -2.44. The second-order valence-electron chi connectivity index (χ2n) is 6.78. The van der Waals surface area contributed by atoms with Crippen LogP contribution in [-0.2, 0) is 14.9 Å². The molecule has 0 spiro atoms. The number of carbonyl (C=O) groups excluding carboxylic acids is 2. The summed E-state index contributed by atoms with van der Waals surface area (Å²) >= 11 is 1.10. The second kappa shape index (κ2) is 9.81. The van der Waals surface area contributed by atoms with Crippen LogP contribution in [0.15, 0.2) is 30.5 Å². The van der Waals surface area contributed by atoms with Gasteiger partial charge >= 0.3 is 16.3 Å². The Hall–Kier alpha value is -2.50. The number of amides is 1. The quantitative estimate of drug-likeness (QED) is 0.444. The molecule has 2 aromatic rings. The first-order valence-corrected chi connectivity index (χ1v) is 10.6.